The predicted octanol–water partition coefficient (Wildman–Crippen LogP) is 6.32. The molecule has 0 radical (unpaired) electrons. The van der Waals surface area contributed by atoms with Crippen LogP contribution in [0.4, 0.5) is 4.39 Å². The van der Waals surface area contributed by atoms with E-state index in [1.165, 1.54) is 10.8 Å². The van der Waals surface area contributed by atoms with E-state index < -0.39 is 18.3 Å². The van der Waals surface area contributed by atoms with E-state index in [0.717, 1.165) is 16.3 Å². The van der Waals surface area contributed by atoms with Crippen molar-refractivity contribution >= 4 is 34.2 Å². The van der Waals surface area contributed by atoms with Crippen LogP contribution in [-0.4, -0.2) is 18.3 Å². The van der Waals surface area contributed by atoms with Gasteiger partial charge < -0.3 is 9.31 Å². The number of fused-ring (bicyclic) bond motifs is 2. The van der Waals surface area contributed by atoms with Gasteiger partial charge in [0.05, 0.1) is 11.2 Å². The molecule has 1 fully saturated rings. The minimum absolute atomic E-state index is 0.367. The van der Waals surface area contributed by atoms with Crippen LogP contribution in [0.15, 0.2) is 60.3 Å². The molecule has 3 aromatic carbocycles. The Bertz CT molecular complexity index is 1050. The Labute approximate surface area is 160 Å². The summed E-state index contributed by atoms with van der Waals surface area (Å²) < 4.78 is 26.9. The van der Waals surface area contributed by atoms with Crippen LogP contribution in [0.25, 0.3) is 27.1 Å². The van der Waals surface area contributed by atoms with Crippen molar-refractivity contribution in [3.8, 4) is 0 Å². The lowest BCUT2D eigenvalue weighted by atomic mass is 9.83. The van der Waals surface area contributed by atoms with Crippen LogP contribution in [-0.2, 0) is 9.31 Å². The van der Waals surface area contributed by atoms with Crippen LogP contribution in [0.2, 0.25) is 0 Å². The Kier molecular flexibility index (Phi) is 4.17. The van der Waals surface area contributed by atoms with E-state index in [-0.39, 0.29) is 5.73 Å². The molecule has 0 unspecified atom stereocenters. The zero-order valence-corrected chi connectivity index (χ0v) is 16.5. The molecule has 1 saturated heterocycles. The molecule has 0 N–H and O–H groups in total. The van der Waals surface area contributed by atoms with Gasteiger partial charge in [-0.15, -0.1) is 0 Å². The highest BCUT2D eigenvalue weighted by molar-refractivity contribution is 6.55. The number of hydrogen-bond donors (Lipinski definition) is 0. The number of allylic oxidation sites excluding steroid dienone is 1. The molecular formula is C23H24BFO2. The van der Waals surface area contributed by atoms with Gasteiger partial charge in [0.25, 0.3) is 0 Å². The topological polar surface area (TPSA) is 18.5 Å². The molecule has 4 rings (SSSR count). The maximum absolute atomic E-state index is 15.2. The van der Waals surface area contributed by atoms with E-state index in [0.29, 0.717) is 5.57 Å². The Morgan fingerprint density at radius 1 is 0.778 bits per heavy atom. The quantitative estimate of drug-likeness (QED) is 0.392. The molecule has 0 spiro atoms. The van der Waals surface area contributed by atoms with Crippen LogP contribution in [0.1, 0.15) is 40.2 Å². The fraction of sp³-hybridized carbons (Fsp3) is 0.304. The van der Waals surface area contributed by atoms with E-state index in [1.807, 2.05) is 58.0 Å². The van der Waals surface area contributed by atoms with Gasteiger partial charge in [0, 0.05) is 0 Å². The third kappa shape index (κ3) is 3.07. The van der Waals surface area contributed by atoms with Gasteiger partial charge in [-0.05, 0) is 85.5 Å². The molecular weight excluding hydrogens is 338 g/mol. The van der Waals surface area contributed by atoms with E-state index in [4.69, 9.17) is 9.31 Å². The second kappa shape index (κ2) is 6.18. The SMILES string of the molecule is CC(=C(F)B1OC(C)(C)C(C)(C)O1)c1ccc2cc3ccccc3cc2c1. The van der Waals surface area contributed by atoms with Gasteiger partial charge in [-0.2, -0.15) is 0 Å². The molecule has 1 aliphatic rings. The van der Waals surface area contributed by atoms with E-state index in [1.54, 1.807) is 6.92 Å². The Balaban J connectivity index is 1.74. The Hall–Kier alpha value is -2.17. The van der Waals surface area contributed by atoms with Gasteiger partial charge in [-0.3, -0.25) is 0 Å². The molecule has 0 amide bonds. The summed E-state index contributed by atoms with van der Waals surface area (Å²) in [6.45, 7) is 9.49. The maximum atomic E-state index is 15.2. The molecule has 2 nitrogen and oxygen atoms in total. The van der Waals surface area contributed by atoms with Crippen LogP contribution >= 0.6 is 0 Å². The van der Waals surface area contributed by atoms with E-state index in [2.05, 4.69) is 24.3 Å². The van der Waals surface area contributed by atoms with Crippen molar-refractivity contribution in [3.05, 3.63) is 65.9 Å². The molecule has 1 heterocycles. The molecule has 0 saturated carbocycles. The summed E-state index contributed by atoms with van der Waals surface area (Å²) in [4.78, 5) is 0. The Morgan fingerprint density at radius 2 is 1.30 bits per heavy atom. The standard InChI is InChI=1S/C23H24BFO2/c1-15(21(25)24-26-22(2,3)23(4,5)27-24)16-10-11-19-13-17-8-6-7-9-18(17)14-20(19)12-16/h6-14H,1-5H3. The summed E-state index contributed by atoms with van der Waals surface area (Å²) in [5.41, 5.74) is -0.0998. The highest BCUT2D eigenvalue weighted by atomic mass is 19.1. The summed E-state index contributed by atoms with van der Waals surface area (Å²) in [7, 11) is -0.970. The van der Waals surface area contributed by atoms with E-state index >= 15 is 4.39 Å². The lowest BCUT2D eigenvalue weighted by Crippen LogP contribution is -2.41. The first-order valence-electron chi connectivity index (χ1n) is 9.33. The highest BCUT2D eigenvalue weighted by Crippen LogP contribution is 2.40. The lowest BCUT2D eigenvalue weighted by molar-refractivity contribution is 0.00578. The summed E-state index contributed by atoms with van der Waals surface area (Å²) in [6, 6.07) is 18.6. The number of benzene rings is 3. The molecule has 0 aromatic heterocycles. The van der Waals surface area contributed by atoms with Gasteiger partial charge in [-0.1, -0.05) is 36.4 Å². The first kappa shape index (κ1) is 18.2. The minimum atomic E-state index is -0.970. The van der Waals surface area contributed by atoms with Crippen LogP contribution < -0.4 is 0 Å². The molecule has 4 heteroatoms. The van der Waals surface area contributed by atoms with Crippen LogP contribution in [0.3, 0.4) is 0 Å². The summed E-state index contributed by atoms with van der Waals surface area (Å²) >= 11 is 0. The molecule has 27 heavy (non-hydrogen) atoms. The van der Waals surface area contributed by atoms with Crippen molar-refractivity contribution in [2.45, 2.75) is 45.8 Å². The lowest BCUT2D eigenvalue weighted by Gasteiger charge is -2.32. The summed E-state index contributed by atoms with van der Waals surface area (Å²) in [5, 5.41) is 4.61. The van der Waals surface area contributed by atoms with Crippen LogP contribution in [0, 0.1) is 0 Å². The van der Waals surface area contributed by atoms with Gasteiger partial charge in [0.15, 0.2) is 0 Å². The molecule has 0 atom stereocenters. The second-order valence-electron chi connectivity index (χ2n) is 8.32. The average Bonchev–Trinajstić information content (AvgIpc) is 2.85. The minimum Gasteiger partial charge on any atom is -0.398 e. The zero-order chi connectivity index (χ0) is 19.4. The van der Waals surface area contributed by atoms with Crippen molar-refractivity contribution in [2.75, 3.05) is 0 Å². The molecule has 138 valence electrons. The molecule has 0 aliphatic carbocycles. The van der Waals surface area contributed by atoms with E-state index in [9.17, 15) is 0 Å². The normalized spacial score (nSPS) is 19.6. The van der Waals surface area contributed by atoms with Crippen LogP contribution in [0.5, 0.6) is 0 Å². The van der Waals surface area contributed by atoms with Crippen molar-refractivity contribution in [1.29, 1.82) is 0 Å². The van der Waals surface area contributed by atoms with Crippen molar-refractivity contribution in [2.24, 2.45) is 0 Å². The van der Waals surface area contributed by atoms with Crippen molar-refractivity contribution in [3.63, 3.8) is 0 Å². The fourth-order valence-corrected chi connectivity index (χ4v) is 3.43. The maximum Gasteiger partial charge on any atom is 0.525 e. The highest BCUT2D eigenvalue weighted by Gasteiger charge is 2.53. The average molecular weight is 362 g/mol. The molecule has 0 bridgehead atoms. The predicted molar refractivity (Wildman–Crippen MR) is 111 cm³/mol. The van der Waals surface area contributed by atoms with Gasteiger partial charge in [-0.25, -0.2) is 4.39 Å². The van der Waals surface area contributed by atoms with Gasteiger partial charge in [0.1, 0.15) is 5.73 Å². The van der Waals surface area contributed by atoms with Crippen molar-refractivity contribution in [1.82, 2.24) is 0 Å². The first-order chi connectivity index (χ1) is 12.7. The molecule has 1 aliphatic heterocycles. The van der Waals surface area contributed by atoms with Gasteiger partial charge >= 0.3 is 7.12 Å². The van der Waals surface area contributed by atoms with Gasteiger partial charge in [0.2, 0.25) is 0 Å². The summed E-state index contributed by atoms with van der Waals surface area (Å²) in [5.74, 6) is 0. The monoisotopic (exact) mass is 362 g/mol. The van der Waals surface area contributed by atoms with Crippen molar-refractivity contribution < 1.29 is 13.7 Å². The first-order valence-corrected chi connectivity index (χ1v) is 9.33. The second-order valence-corrected chi connectivity index (χ2v) is 8.32. The third-order valence-corrected chi connectivity index (χ3v) is 5.96. The smallest absolute Gasteiger partial charge is 0.398 e. The fourth-order valence-electron chi connectivity index (χ4n) is 3.43. The number of halogens is 1. The molecule has 3 aromatic rings. The number of rotatable bonds is 2. The Morgan fingerprint density at radius 3 is 1.89 bits per heavy atom. The third-order valence-electron chi connectivity index (χ3n) is 5.96. The number of hydrogen-bond acceptors (Lipinski definition) is 2. The largest absolute Gasteiger partial charge is 0.525 e. The zero-order valence-electron chi connectivity index (χ0n) is 16.5. The summed E-state index contributed by atoms with van der Waals surface area (Å²) in [6.07, 6.45) is 0.